The molecule has 2 aromatic rings. The molecule has 1 atom stereocenters. The Morgan fingerprint density at radius 1 is 1.43 bits per heavy atom. The third-order valence-corrected chi connectivity index (χ3v) is 4.20. The number of hydrogen-bond acceptors (Lipinski definition) is 4. The Hall–Kier alpha value is -1.63. The molecule has 0 N–H and O–H groups in total. The summed E-state index contributed by atoms with van der Waals surface area (Å²) in [6.45, 7) is -0.777. The topological polar surface area (TPSA) is 44.1 Å². The van der Waals surface area contributed by atoms with Gasteiger partial charge in [0.05, 0.1) is 30.3 Å². The van der Waals surface area contributed by atoms with E-state index in [-0.39, 0.29) is 17.6 Å². The van der Waals surface area contributed by atoms with Gasteiger partial charge < -0.3 is 4.74 Å². The van der Waals surface area contributed by atoms with Crippen molar-refractivity contribution >= 4 is 28.8 Å². The van der Waals surface area contributed by atoms with Crippen LogP contribution in [0.15, 0.2) is 24.3 Å². The van der Waals surface area contributed by atoms with Crippen molar-refractivity contribution in [3.05, 3.63) is 30.1 Å². The molecule has 7 heteroatoms. The maximum atomic E-state index is 13.2. The minimum atomic E-state index is -2.64. The lowest BCUT2D eigenvalue weighted by Gasteiger charge is -2.11. The SMILES string of the molecule is COC(=O)C[C@@H](C)SCc1nc2ccccc2n1C(F)F. The lowest BCUT2D eigenvalue weighted by Crippen LogP contribution is -2.10. The van der Waals surface area contributed by atoms with Crippen LogP contribution in [-0.2, 0) is 15.3 Å². The van der Waals surface area contributed by atoms with E-state index in [2.05, 4.69) is 9.72 Å². The smallest absolute Gasteiger partial charge is 0.320 e. The molecule has 21 heavy (non-hydrogen) atoms. The summed E-state index contributed by atoms with van der Waals surface area (Å²) in [6.07, 6.45) is 0.246. The Labute approximate surface area is 125 Å². The van der Waals surface area contributed by atoms with E-state index in [0.717, 1.165) is 4.57 Å². The van der Waals surface area contributed by atoms with Crippen LogP contribution in [0.4, 0.5) is 8.78 Å². The summed E-state index contributed by atoms with van der Waals surface area (Å²) < 4.78 is 32.0. The highest BCUT2D eigenvalue weighted by molar-refractivity contribution is 7.99. The average molecular weight is 314 g/mol. The molecule has 0 saturated heterocycles. The van der Waals surface area contributed by atoms with Gasteiger partial charge in [-0.3, -0.25) is 9.36 Å². The third kappa shape index (κ3) is 3.72. The minimum absolute atomic E-state index is 0.0246. The maximum absolute atomic E-state index is 13.2. The van der Waals surface area contributed by atoms with Gasteiger partial charge in [-0.2, -0.15) is 20.5 Å². The number of ether oxygens (including phenoxy) is 1. The number of alkyl halides is 2. The number of carbonyl (C=O) groups is 1. The number of fused-ring (bicyclic) bond motifs is 1. The van der Waals surface area contributed by atoms with Crippen molar-refractivity contribution in [1.29, 1.82) is 0 Å². The minimum Gasteiger partial charge on any atom is -0.469 e. The molecule has 1 heterocycles. The number of carbonyl (C=O) groups excluding carboxylic acids is 1. The van der Waals surface area contributed by atoms with Gasteiger partial charge in [0, 0.05) is 5.25 Å². The standard InChI is InChI=1S/C14H16F2N2O2S/c1-9(7-13(19)20-2)21-8-12-17-10-5-3-4-6-11(10)18(12)14(15)16/h3-6,9,14H,7-8H2,1-2H3/t9-/m1/s1. The van der Waals surface area contributed by atoms with E-state index in [4.69, 9.17) is 0 Å². The Kier molecular flexibility index (Phi) is 5.17. The van der Waals surface area contributed by atoms with Gasteiger partial charge in [-0.1, -0.05) is 19.1 Å². The highest BCUT2D eigenvalue weighted by Crippen LogP contribution is 2.27. The number of benzene rings is 1. The van der Waals surface area contributed by atoms with Crippen LogP contribution in [0.2, 0.25) is 0 Å². The molecule has 0 aliphatic rings. The number of halogens is 2. The van der Waals surface area contributed by atoms with Gasteiger partial charge >= 0.3 is 12.5 Å². The highest BCUT2D eigenvalue weighted by atomic mass is 32.2. The van der Waals surface area contributed by atoms with Crippen molar-refractivity contribution in [2.24, 2.45) is 0 Å². The van der Waals surface area contributed by atoms with Crippen molar-refractivity contribution in [3.63, 3.8) is 0 Å². The average Bonchev–Trinajstić information content (AvgIpc) is 2.83. The van der Waals surface area contributed by atoms with E-state index < -0.39 is 6.55 Å². The molecular formula is C14H16F2N2O2S. The first kappa shape index (κ1) is 15.8. The number of methoxy groups -OCH3 is 1. The van der Waals surface area contributed by atoms with Crippen molar-refractivity contribution in [2.75, 3.05) is 7.11 Å². The molecule has 4 nitrogen and oxygen atoms in total. The molecule has 0 bridgehead atoms. The zero-order valence-electron chi connectivity index (χ0n) is 11.8. The number of esters is 1. The van der Waals surface area contributed by atoms with Gasteiger partial charge in [-0.15, -0.1) is 0 Å². The van der Waals surface area contributed by atoms with Gasteiger partial charge in [0.25, 0.3) is 0 Å². The number of para-hydroxylation sites is 2. The number of nitrogens with zero attached hydrogens (tertiary/aromatic N) is 2. The summed E-state index contributed by atoms with van der Waals surface area (Å²) in [5, 5.41) is -0.0246. The largest absolute Gasteiger partial charge is 0.469 e. The van der Waals surface area contributed by atoms with Crippen LogP contribution in [0, 0.1) is 0 Å². The van der Waals surface area contributed by atoms with Gasteiger partial charge in [0.1, 0.15) is 5.82 Å². The van der Waals surface area contributed by atoms with Crippen molar-refractivity contribution < 1.29 is 18.3 Å². The molecule has 0 spiro atoms. The summed E-state index contributed by atoms with van der Waals surface area (Å²) in [5.74, 6) is 0.322. The van der Waals surface area contributed by atoms with Gasteiger partial charge in [0.2, 0.25) is 0 Å². The van der Waals surface area contributed by atoms with Crippen molar-refractivity contribution in [2.45, 2.75) is 30.9 Å². The number of aromatic nitrogens is 2. The molecule has 1 aromatic heterocycles. The normalized spacial score (nSPS) is 12.8. The lowest BCUT2D eigenvalue weighted by molar-refractivity contribution is -0.140. The molecule has 0 saturated carbocycles. The zero-order chi connectivity index (χ0) is 15.4. The second-order valence-electron chi connectivity index (χ2n) is 4.57. The second kappa shape index (κ2) is 6.89. The lowest BCUT2D eigenvalue weighted by atomic mass is 10.3. The summed E-state index contributed by atoms with van der Waals surface area (Å²) in [4.78, 5) is 15.4. The first-order valence-electron chi connectivity index (χ1n) is 6.45. The number of hydrogen-bond donors (Lipinski definition) is 0. The Bertz CT molecular complexity index is 630. The molecule has 0 aliphatic carbocycles. The number of rotatable bonds is 6. The predicted molar refractivity (Wildman–Crippen MR) is 78.4 cm³/mol. The zero-order valence-corrected chi connectivity index (χ0v) is 12.6. The summed E-state index contributed by atoms with van der Waals surface area (Å²) in [7, 11) is 1.33. The van der Waals surface area contributed by atoms with Crippen LogP contribution < -0.4 is 0 Å². The van der Waals surface area contributed by atoms with Crippen LogP contribution in [0.3, 0.4) is 0 Å². The van der Waals surface area contributed by atoms with Crippen LogP contribution >= 0.6 is 11.8 Å². The second-order valence-corrected chi connectivity index (χ2v) is 5.99. The Balaban J connectivity index is 2.14. The molecule has 114 valence electrons. The first-order chi connectivity index (χ1) is 10.0. The van der Waals surface area contributed by atoms with E-state index in [1.54, 1.807) is 24.3 Å². The highest BCUT2D eigenvalue weighted by Gasteiger charge is 2.18. The Morgan fingerprint density at radius 2 is 2.14 bits per heavy atom. The van der Waals surface area contributed by atoms with Crippen LogP contribution in [-0.4, -0.2) is 27.9 Å². The Morgan fingerprint density at radius 3 is 2.81 bits per heavy atom. The fourth-order valence-corrected chi connectivity index (χ4v) is 2.90. The van der Waals surface area contributed by atoms with E-state index in [1.807, 2.05) is 6.92 Å². The van der Waals surface area contributed by atoms with Crippen molar-refractivity contribution in [1.82, 2.24) is 9.55 Å². The number of thioether (sulfide) groups is 1. The van der Waals surface area contributed by atoms with E-state index in [1.165, 1.54) is 18.9 Å². The molecular weight excluding hydrogens is 298 g/mol. The molecule has 0 fully saturated rings. The fourth-order valence-electron chi connectivity index (χ4n) is 2.01. The molecule has 0 aliphatic heterocycles. The van der Waals surface area contributed by atoms with Crippen LogP contribution in [0.1, 0.15) is 25.7 Å². The molecule has 1 aromatic carbocycles. The summed E-state index contributed by atoms with van der Waals surface area (Å²) in [6, 6.07) is 6.81. The van der Waals surface area contributed by atoms with E-state index in [0.29, 0.717) is 22.6 Å². The van der Waals surface area contributed by atoms with Crippen LogP contribution in [0.25, 0.3) is 11.0 Å². The molecule has 0 unspecified atom stereocenters. The maximum Gasteiger partial charge on any atom is 0.320 e. The molecule has 2 rings (SSSR count). The van der Waals surface area contributed by atoms with E-state index in [9.17, 15) is 13.6 Å². The van der Waals surface area contributed by atoms with Gasteiger partial charge in [0.15, 0.2) is 0 Å². The van der Waals surface area contributed by atoms with E-state index >= 15 is 0 Å². The molecule has 0 amide bonds. The predicted octanol–water partition coefficient (Wildman–Crippen LogP) is 3.62. The van der Waals surface area contributed by atoms with Crippen molar-refractivity contribution in [3.8, 4) is 0 Å². The fraction of sp³-hybridized carbons (Fsp3) is 0.429. The third-order valence-electron chi connectivity index (χ3n) is 3.04. The number of imidazole rings is 1. The van der Waals surface area contributed by atoms with Gasteiger partial charge in [-0.25, -0.2) is 4.98 Å². The monoisotopic (exact) mass is 314 g/mol. The summed E-state index contributed by atoms with van der Waals surface area (Å²) in [5.41, 5.74) is 0.970. The summed E-state index contributed by atoms with van der Waals surface area (Å²) >= 11 is 1.40. The molecule has 0 radical (unpaired) electrons. The quantitative estimate of drug-likeness (QED) is 0.764. The first-order valence-corrected chi connectivity index (χ1v) is 7.50. The van der Waals surface area contributed by atoms with Gasteiger partial charge in [-0.05, 0) is 12.1 Å². The van der Waals surface area contributed by atoms with Crippen LogP contribution in [0.5, 0.6) is 0 Å².